The van der Waals surface area contributed by atoms with Gasteiger partial charge in [-0.05, 0) is 106 Å². The lowest BCUT2D eigenvalue weighted by molar-refractivity contribution is -0.258. The van der Waals surface area contributed by atoms with Crippen molar-refractivity contribution >= 4 is 23.4 Å². The minimum atomic E-state index is -1.24. The molecule has 7 atom stereocenters. The molecule has 2 heterocycles. The summed E-state index contributed by atoms with van der Waals surface area (Å²) in [5.74, 6) is 1.13. The number of amides is 1. The summed E-state index contributed by atoms with van der Waals surface area (Å²) in [6, 6.07) is 16.1. The lowest BCUT2D eigenvalue weighted by atomic mass is 9.55. The van der Waals surface area contributed by atoms with E-state index in [4.69, 9.17) is 28.9 Å². The second-order valence-corrected chi connectivity index (χ2v) is 17.7. The van der Waals surface area contributed by atoms with Crippen LogP contribution < -0.4 is 9.47 Å². The zero-order valence-corrected chi connectivity index (χ0v) is 35.1. The lowest BCUT2D eigenvalue weighted by Gasteiger charge is -2.60. The molecule has 5 aliphatic rings. The van der Waals surface area contributed by atoms with Crippen LogP contribution in [0.5, 0.6) is 11.5 Å². The number of unbranched alkanes of at least 4 members (excludes halogenated alkanes) is 2. The predicted molar refractivity (Wildman–Crippen MR) is 227 cm³/mol. The molecule has 2 aromatic carbocycles. The Morgan fingerprint density at radius 3 is 2.59 bits per heavy atom. The van der Waals surface area contributed by atoms with Gasteiger partial charge in [0.15, 0.2) is 0 Å². The Labute approximate surface area is 349 Å². The van der Waals surface area contributed by atoms with Crippen molar-refractivity contribution in [2.24, 2.45) is 28.8 Å². The molecule has 11 heteroatoms. The van der Waals surface area contributed by atoms with E-state index in [0.717, 1.165) is 105 Å². The van der Waals surface area contributed by atoms with Gasteiger partial charge in [-0.2, -0.15) is 0 Å². The molecule has 0 radical (unpaired) electrons. The van der Waals surface area contributed by atoms with Gasteiger partial charge in [0.25, 0.3) is 0 Å². The normalized spacial score (nSPS) is 28.1. The molecule has 3 aliphatic carbocycles. The standard InChI is InChI=1S/C47H64N2O8S/c1-3-23-49(46(52)33-19-20-33)42-32-40(48-57-43-18-10-13-27-54-43)38-30-34(14-8-11-24-50)37(17-9-12-25-51)44-39-31-35(53-28-29-58-36-15-6-5-7-16-36)21-22-41(39)56-47(42,45(38)44)55-26-4-2/h4-7,15-16,21-22,30-31,33-34,37,42-45,50-51H,2-3,8-14,17-20,23-29,32H2,1H3. The summed E-state index contributed by atoms with van der Waals surface area (Å²) in [5.41, 5.74) is 2.92. The summed E-state index contributed by atoms with van der Waals surface area (Å²) in [6.45, 7) is 8.47. The van der Waals surface area contributed by atoms with Gasteiger partial charge in [-0.3, -0.25) is 4.79 Å². The molecule has 1 saturated heterocycles. The van der Waals surface area contributed by atoms with Gasteiger partial charge in [-0.25, -0.2) is 0 Å². The van der Waals surface area contributed by atoms with E-state index in [1.165, 1.54) is 4.90 Å². The monoisotopic (exact) mass is 816 g/mol. The summed E-state index contributed by atoms with van der Waals surface area (Å²) in [4.78, 5) is 23.9. The van der Waals surface area contributed by atoms with E-state index in [1.807, 2.05) is 23.1 Å². The highest BCUT2D eigenvalue weighted by Gasteiger charge is 2.65. The number of hydrogen-bond donors (Lipinski definition) is 2. The fraction of sp³-hybridized carbons (Fsp3) is 0.617. The van der Waals surface area contributed by atoms with Crippen LogP contribution in [0, 0.1) is 23.7 Å². The van der Waals surface area contributed by atoms with Crippen LogP contribution in [-0.2, 0) is 19.1 Å². The van der Waals surface area contributed by atoms with Crippen LogP contribution in [0.15, 0.2) is 82.9 Å². The zero-order valence-electron chi connectivity index (χ0n) is 34.3. The first kappa shape index (κ1) is 42.8. The van der Waals surface area contributed by atoms with Gasteiger partial charge in [0.1, 0.15) is 17.5 Å². The maximum absolute atomic E-state index is 14.4. The van der Waals surface area contributed by atoms with Crippen molar-refractivity contribution in [3.05, 3.63) is 78.4 Å². The third-order valence-corrected chi connectivity index (χ3v) is 13.5. The maximum atomic E-state index is 14.4. The summed E-state index contributed by atoms with van der Waals surface area (Å²) in [5, 5.41) is 24.8. The minimum Gasteiger partial charge on any atom is -0.493 e. The fourth-order valence-corrected chi connectivity index (χ4v) is 10.5. The van der Waals surface area contributed by atoms with Gasteiger partial charge < -0.3 is 38.9 Å². The fourth-order valence-electron chi connectivity index (χ4n) is 9.72. The predicted octanol–water partition coefficient (Wildman–Crippen LogP) is 8.67. The summed E-state index contributed by atoms with van der Waals surface area (Å²) in [6.07, 6.45) is 14.5. The van der Waals surface area contributed by atoms with E-state index >= 15 is 0 Å². The van der Waals surface area contributed by atoms with Crippen LogP contribution in [-0.4, -0.2) is 90.2 Å². The van der Waals surface area contributed by atoms with Crippen LogP contribution in [0.1, 0.15) is 102 Å². The van der Waals surface area contributed by atoms with Gasteiger partial charge >= 0.3 is 0 Å². The van der Waals surface area contributed by atoms with Gasteiger partial charge in [0.2, 0.25) is 18.0 Å². The summed E-state index contributed by atoms with van der Waals surface area (Å²) < 4.78 is 27.0. The lowest BCUT2D eigenvalue weighted by Crippen LogP contribution is -2.70. The second-order valence-electron chi connectivity index (χ2n) is 16.5. The smallest absolute Gasteiger partial charge is 0.239 e. The first-order valence-corrected chi connectivity index (χ1v) is 23.0. The van der Waals surface area contributed by atoms with E-state index < -0.39 is 18.1 Å². The van der Waals surface area contributed by atoms with Gasteiger partial charge in [-0.15, -0.1) is 18.3 Å². The number of carbonyl (C=O) groups is 1. The van der Waals surface area contributed by atoms with E-state index in [0.29, 0.717) is 32.6 Å². The highest BCUT2D eigenvalue weighted by Crippen LogP contribution is 2.62. The van der Waals surface area contributed by atoms with Crippen LogP contribution in [0.25, 0.3) is 0 Å². The van der Waals surface area contributed by atoms with E-state index in [-0.39, 0.29) is 55.3 Å². The third-order valence-electron chi connectivity index (χ3n) is 12.5. The van der Waals surface area contributed by atoms with Crippen molar-refractivity contribution in [2.75, 3.05) is 45.3 Å². The molecule has 2 aliphatic heterocycles. The van der Waals surface area contributed by atoms with E-state index in [9.17, 15) is 15.0 Å². The molecule has 1 amide bonds. The first-order chi connectivity index (χ1) is 28.5. The van der Waals surface area contributed by atoms with Crippen LogP contribution in [0.2, 0.25) is 0 Å². The van der Waals surface area contributed by atoms with Crippen molar-refractivity contribution in [1.29, 1.82) is 0 Å². The molecule has 316 valence electrons. The number of thioether (sulfide) groups is 1. The maximum Gasteiger partial charge on any atom is 0.239 e. The Morgan fingerprint density at radius 2 is 1.86 bits per heavy atom. The quantitative estimate of drug-likeness (QED) is 0.0521. The van der Waals surface area contributed by atoms with Crippen LogP contribution in [0.4, 0.5) is 0 Å². The largest absolute Gasteiger partial charge is 0.493 e. The number of ether oxygens (including phenoxy) is 4. The Kier molecular flexibility index (Phi) is 15.3. The molecule has 3 fully saturated rings. The Balaban J connectivity index is 1.35. The van der Waals surface area contributed by atoms with Crippen molar-refractivity contribution < 1.29 is 38.8 Å². The molecule has 7 rings (SSSR count). The number of nitrogens with zero attached hydrogens (tertiary/aromatic N) is 2. The molecule has 58 heavy (non-hydrogen) atoms. The third kappa shape index (κ3) is 9.81. The minimum absolute atomic E-state index is 0.00662. The molecule has 0 bridgehead atoms. The molecule has 0 aromatic heterocycles. The molecule has 7 unspecified atom stereocenters. The summed E-state index contributed by atoms with van der Waals surface area (Å²) >= 11 is 1.77. The molecular weight excluding hydrogens is 753 g/mol. The van der Waals surface area contributed by atoms with E-state index in [2.05, 4.69) is 49.9 Å². The Morgan fingerprint density at radius 1 is 1.05 bits per heavy atom. The topological polar surface area (TPSA) is 119 Å². The average Bonchev–Trinajstić information content (AvgIpc) is 4.11. The molecule has 10 nitrogen and oxygen atoms in total. The molecule has 2 aromatic rings. The zero-order chi connectivity index (χ0) is 40.3. The number of benzene rings is 2. The van der Waals surface area contributed by atoms with Gasteiger partial charge in [0, 0.05) is 60.6 Å². The van der Waals surface area contributed by atoms with Crippen molar-refractivity contribution in [1.82, 2.24) is 4.90 Å². The molecule has 2 N–H and O–H groups in total. The number of aliphatic hydroxyl groups excluding tert-OH is 2. The molecule has 0 spiro atoms. The van der Waals surface area contributed by atoms with Gasteiger partial charge in [0.05, 0.1) is 31.5 Å². The first-order valence-electron chi connectivity index (χ1n) is 22.0. The van der Waals surface area contributed by atoms with E-state index in [1.54, 1.807) is 17.8 Å². The number of allylic oxidation sites excluding steroid dienone is 1. The number of rotatable bonds is 22. The highest BCUT2D eigenvalue weighted by atomic mass is 32.2. The number of fused-ring (bicyclic) bond motifs is 2. The SMILES string of the molecule is C=CCOC12Oc3ccc(OCCSc4ccccc4)cc3C3C(CCCCO)C(CCCCO)C=C(C(=NOC4CCCCO4)CC1N(CCC)C(=O)C1CC1)C32. The van der Waals surface area contributed by atoms with Crippen molar-refractivity contribution in [2.45, 2.75) is 119 Å². The van der Waals surface area contributed by atoms with Crippen molar-refractivity contribution in [3.63, 3.8) is 0 Å². The number of aliphatic hydroxyl groups is 2. The Hall–Kier alpha value is -3.35. The van der Waals surface area contributed by atoms with Crippen molar-refractivity contribution in [3.8, 4) is 11.5 Å². The molecular formula is C47H64N2O8S. The summed E-state index contributed by atoms with van der Waals surface area (Å²) in [7, 11) is 0. The molecule has 2 saturated carbocycles. The number of carbonyl (C=O) groups excluding carboxylic acids is 1. The van der Waals surface area contributed by atoms with Gasteiger partial charge in [-0.1, -0.05) is 55.3 Å². The Bertz CT molecular complexity index is 1710. The highest BCUT2D eigenvalue weighted by molar-refractivity contribution is 7.99. The average molecular weight is 817 g/mol. The number of hydrogen-bond acceptors (Lipinski definition) is 10. The van der Waals surface area contributed by atoms with Crippen LogP contribution in [0.3, 0.4) is 0 Å². The number of oxime groups is 1. The van der Waals surface area contributed by atoms with Crippen LogP contribution >= 0.6 is 11.8 Å². The second kappa shape index (κ2) is 20.8.